The number of amides is 2. The topological polar surface area (TPSA) is 82.1 Å². The second-order valence-corrected chi connectivity index (χ2v) is 5.83. The Balaban J connectivity index is 2.27. The molecule has 0 aromatic carbocycles. The molecule has 0 radical (unpaired) electrons. The Kier molecular flexibility index (Phi) is 5.62. The molecular formula is C14H21NO6. The first-order valence-electron chi connectivity index (χ1n) is 6.72. The second-order valence-electron chi connectivity index (χ2n) is 5.83. The van der Waals surface area contributed by atoms with E-state index < -0.39 is 11.6 Å². The van der Waals surface area contributed by atoms with Gasteiger partial charge in [-0.3, -0.25) is 19.4 Å². The van der Waals surface area contributed by atoms with Crippen LogP contribution in [0.25, 0.3) is 0 Å². The Hall–Kier alpha value is -1.73. The van der Waals surface area contributed by atoms with Crippen molar-refractivity contribution in [2.75, 3.05) is 6.54 Å². The maximum absolute atomic E-state index is 11.8. The molecule has 1 heterocycles. The number of hydrogen-bond donors (Lipinski definition) is 0. The molecule has 7 nitrogen and oxygen atoms in total. The van der Waals surface area contributed by atoms with Gasteiger partial charge in [0.2, 0.25) is 0 Å². The third-order valence-electron chi connectivity index (χ3n) is 2.87. The van der Waals surface area contributed by atoms with Crippen LogP contribution >= 0.6 is 0 Å². The Morgan fingerprint density at radius 3 is 2.10 bits per heavy atom. The largest absolute Gasteiger partial charge is 0.345 e. The monoisotopic (exact) mass is 299 g/mol. The van der Waals surface area contributed by atoms with Crippen LogP contribution in [0.3, 0.4) is 0 Å². The quantitative estimate of drug-likeness (QED) is 0.421. The highest BCUT2D eigenvalue weighted by Gasteiger charge is 2.32. The zero-order valence-electron chi connectivity index (χ0n) is 13.0. The zero-order valence-corrected chi connectivity index (χ0v) is 13.0. The van der Waals surface area contributed by atoms with E-state index in [1.165, 1.54) is 0 Å². The molecule has 21 heavy (non-hydrogen) atoms. The molecule has 2 amide bonds. The first kappa shape index (κ1) is 17.3. The van der Waals surface area contributed by atoms with Crippen LogP contribution in [0.5, 0.6) is 0 Å². The highest BCUT2D eigenvalue weighted by atomic mass is 17.5. The van der Waals surface area contributed by atoms with E-state index in [0.29, 0.717) is 17.6 Å². The normalized spacial score (nSPS) is 16.0. The van der Waals surface area contributed by atoms with Crippen molar-refractivity contribution >= 4 is 17.8 Å². The molecule has 0 N–H and O–H groups in total. The molecule has 1 aliphatic rings. The van der Waals surface area contributed by atoms with E-state index in [1.54, 1.807) is 34.6 Å². The minimum Gasteiger partial charge on any atom is -0.275 e. The zero-order chi connectivity index (χ0) is 16.2. The smallest absolute Gasteiger partial charge is 0.275 e. The third kappa shape index (κ3) is 4.95. The van der Waals surface area contributed by atoms with Crippen molar-refractivity contribution in [3.63, 3.8) is 0 Å². The second kappa shape index (κ2) is 6.82. The fraction of sp³-hybridized carbons (Fsp3) is 0.643. The lowest BCUT2D eigenvalue weighted by Crippen LogP contribution is -2.32. The Morgan fingerprint density at radius 1 is 1.10 bits per heavy atom. The number of nitrogens with zero attached hydrogens (tertiary/aromatic N) is 1. The van der Waals surface area contributed by atoms with Crippen LogP contribution in [-0.2, 0) is 29.2 Å². The van der Waals surface area contributed by atoms with Gasteiger partial charge in [0, 0.05) is 17.7 Å². The van der Waals surface area contributed by atoms with Crippen LogP contribution in [-0.4, -0.2) is 34.8 Å². The maximum atomic E-state index is 11.8. The predicted molar refractivity (Wildman–Crippen MR) is 72.3 cm³/mol. The van der Waals surface area contributed by atoms with Crippen molar-refractivity contribution in [3.8, 4) is 0 Å². The van der Waals surface area contributed by atoms with Crippen molar-refractivity contribution in [2.45, 2.75) is 53.1 Å². The van der Waals surface area contributed by atoms with Crippen LogP contribution < -0.4 is 0 Å². The lowest BCUT2D eigenvalue weighted by atomic mass is 10.2. The van der Waals surface area contributed by atoms with Crippen LogP contribution in [0, 0.1) is 0 Å². The minimum atomic E-state index is -0.625. The molecule has 0 aliphatic carbocycles. The van der Waals surface area contributed by atoms with E-state index in [1.807, 2.05) is 0 Å². The third-order valence-corrected chi connectivity index (χ3v) is 2.87. The predicted octanol–water partition coefficient (Wildman–Crippen LogP) is 1.68. The molecule has 0 spiro atoms. The minimum absolute atomic E-state index is 0.0165. The van der Waals surface area contributed by atoms with Gasteiger partial charge in [0.25, 0.3) is 11.8 Å². The van der Waals surface area contributed by atoms with Gasteiger partial charge in [-0.15, -0.1) is 0 Å². The first-order valence-corrected chi connectivity index (χ1v) is 6.72. The molecule has 0 fully saturated rings. The van der Waals surface area contributed by atoms with Gasteiger partial charge in [0.1, 0.15) is 0 Å². The summed E-state index contributed by atoms with van der Waals surface area (Å²) in [6.07, 6.45) is 0.318. The van der Waals surface area contributed by atoms with Gasteiger partial charge in [0.05, 0.1) is 12.0 Å². The first-order chi connectivity index (χ1) is 9.63. The lowest BCUT2D eigenvalue weighted by Gasteiger charge is -2.16. The fourth-order valence-electron chi connectivity index (χ4n) is 1.60. The average molecular weight is 299 g/mol. The summed E-state index contributed by atoms with van der Waals surface area (Å²) in [4.78, 5) is 45.2. The summed E-state index contributed by atoms with van der Waals surface area (Å²) in [7, 11) is 0. The highest BCUT2D eigenvalue weighted by Crippen LogP contribution is 2.20. The summed E-state index contributed by atoms with van der Waals surface area (Å²) in [6, 6.07) is 0. The Labute approximate surface area is 123 Å². The molecule has 0 aromatic rings. The molecule has 0 saturated heterocycles. The van der Waals surface area contributed by atoms with Crippen LogP contribution in [0.1, 0.15) is 47.5 Å². The van der Waals surface area contributed by atoms with Crippen LogP contribution in [0.4, 0.5) is 0 Å². The van der Waals surface area contributed by atoms with E-state index in [4.69, 9.17) is 4.89 Å². The SMILES string of the molecule is CC1=C(C)C(=O)N(CCCC(=O)OOOC(C)(C)C)C1=O. The Morgan fingerprint density at radius 2 is 1.62 bits per heavy atom. The molecule has 1 rings (SSSR count). The van der Waals surface area contributed by atoms with Crippen molar-refractivity contribution in [1.29, 1.82) is 0 Å². The van der Waals surface area contributed by atoms with Crippen molar-refractivity contribution in [2.24, 2.45) is 0 Å². The van der Waals surface area contributed by atoms with E-state index in [2.05, 4.69) is 9.93 Å². The van der Waals surface area contributed by atoms with E-state index in [-0.39, 0.29) is 24.8 Å². The molecule has 0 unspecified atom stereocenters. The van der Waals surface area contributed by atoms with E-state index in [9.17, 15) is 14.4 Å². The Bertz CT molecular complexity index is 450. The van der Waals surface area contributed by atoms with Gasteiger partial charge in [-0.25, -0.2) is 4.79 Å². The van der Waals surface area contributed by atoms with E-state index >= 15 is 0 Å². The molecule has 0 aromatic heterocycles. The highest BCUT2D eigenvalue weighted by molar-refractivity contribution is 6.18. The van der Waals surface area contributed by atoms with Crippen molar-refractivity contribution < 1.29 is 29.2 Å². The molecule has 7 heteroatoms. The molecule has 0 atom stereocenters. The van der Waals surface area contributed by atoms with Crippen LogP contribution in [0.2, 0.25) is 0 Å². The van der Waals surface area contributed by atoms with Gasteiger partial charge in [-0.1, -0.05) is 0 Å². The van der Waals surface area contributed by atoms with Gasteiger partial charge in [-0.05, 0) is 46.1 Å². The van der Waals surface area contributed by atoms with Crippen molar-refractivity contribution in [1.82, 2.24) is 4.90 Å². The van der Waals surface area contributed by atoms with Gasteiger partial charge in [0.15, 0.2) is 0 Å². The van der Waals surface area contributed by atoms with Crippen LogP contribution in [0.15, 0.2) is 11.1 Å². The summed E-state index contributed by atoms with van der Waals surface area (Å²) in [6.45, 7) is 8.61. The van der Waals surface area contributed by atoms with Crippen molar-refractivity contribution in [3.05, 3.63) is 11.1 Å². The lowest BCUT2D eigenvalue weighted by molar-refractivity contribution is -0.514. The summed E-state index contributed by atoms with van der Waals surface area (Å²) in [5.41, 5.74) is 0.309. The van der Waals surface area contributed by atoms with Gasteiger partial charge < -0.3 is 0 Å². The van der Waals surface area contributed by atoms with E-state index in [0.717, 1.165) is 4.90 Å². The summed E-state index contributed by atoms with van der Waals surface area (Å²) >= 11 is 0. The molecule has 0 bridgehead atoms. The summed E-state index contributed by atoms with van der Waals surface area (Å²) < 4.78 is 0. The average Bonchev–Trinajstić information content (AvgIpc) is 2.54. The van der Waals surface area contributed by atoms with Gasteiger partial charge in [-0.2, -0.15) is 4.89 Å². The molecule has 0 saturated carbocycles. The fourth-order valence-corrected chi connectivity index (χ4v) is 1.60. The number of carbonyl (C=O) groups is 3. The summed E-state index contributed by atoms with van der Waals surface area (Å²) in [5.74, 6) is -1.24. The number of imide groups is 1. The molecule has 118 valence electrons. The van der Waals surface area contributed by atoms with Gasteiger partial charge >= 0.3 is 5.97 Å². The molecular weight excluding hydrogens is 278 g/mol. The number of carbonyl (C=O) groups excluding carboxylic acids is 3. The molecule has 1 aliphatic heterocycles. The number of hydrogen-bond acceptors (Lipinski definition) is 6. The standard InChI is InChI=1S/C14H21NO6/c1-9-10(2)13(18)15(12(9)17)8-6-7-11(16)19-21-20-14(3,4)5/h6-8H2,1-5H3. The summed E-state index contributed by atoms with van der Waals surface area (Å²) in [5, 5.41) is 4.35. The number of rotatable bonds is 6. The maximum Gasteiger partial charge on any atom is 0.345 e.